The number of hydrogen-bond acceptors (Lipinski definition) is 5. The number of rotatable bonds is 11. The fourth-order valence-corrected chi connectivity index (χ4v) is 5.08. The smallest absolute Gasteiger partial charge is 0.422 e. The number of ketones is 1. The molecule has 0 radical (unpaired) electrons. The van der Waals surface area contributed by atoms with E-state index in [0.29, 0.717) is 12.1 Å². The first-order valence-electron chi connectivity index (χ1n) is 13.4. The molecule has 0 spiro atoms. The van der Waals surface area contributed by atoms with Gasteiger partial charge in [-0.2, -0.15) is 13.2 Å². The number of ether oxygens (including phenoxy) is 1. The van der Waals surface area contributed by atoms with Crippen molar-refractivity contribution in [1.29, 1.82) is 0 Å². The monoisotopic (exact) mass is 597 g/mol. The van der Waals surface area contributed by atoms with Gasteiger partial charge in [0.2, 0.25) is 5.91 Å². The van der Waals surface area contributed by atoms with Crippen molar-refractivity contribution >= 4 is 29.3 Å². The minimum Gasteiger partial charge on any atom is -0.484 e. The van der Waals surface area contributed by atoms with Gasteiger partial charge in [-0.05, 0) is 49.1 Å². The number of Topliss-reactive ketones (excluding diaryl/α,β-unsaturated/α-hetero) is 1. The van der Waals surface area contributed by atoms with Crippen molar-refractivity contribution in [3.63, 3.8) is 0 Å². The fourth-order valence-electron chi connectivity index (χ4n) is 4.82. The molecule has 0 unspecified atom stereocenters. The number of nitrogens with one attached hydrogen (secondary N) is 1. The molecule has 0 aromatic heterocycles. The minimum atomic E-state index is -4.52. The Balaban J connectivity index is 1.77. The summed E-state index contributed by atoms with van der Waals surface area (Å²) >= 11 is 6.34. The molecule has 0 aliphatic carbocycles. The van der Waals surface area contributed by atoms with Gasteiger partial charge in [-0.25, -0.2) is 4.79 Å². The van der Waals surface area contributed by atoms with Gasteiger partial charge in [0.1, 0.15) is 5.75 Å². The first-order valence-corrected chi connectivity index (χ1v) is 13.8. The standard InChI is InChI=1S/C29H35ClF3N3O5/c1-3-4-12-35(14-15-37)25(38)17-34-27(40)36-13-11-28(2,23-8-6-5-7-20(23)18-36)26(39)22-10-9-21(16-24(22)30)41-19-29(31,32)33/h5-10,16,37H,3-4,11-15,17-19H2,1-2H3,(H,34,40)/t28-/m0/s1. The van der Waals surface area contributed by atoms with Crippen molar-refractivity contribution in [2.75, 3.05) is 39.4 Å². The van der Waals surface area contributed by atoms with Crippen LogP contribution in [0.2, 0.25) is 5.02 Å². The highest BCUT2D eigenvalue weighted by atomic mass is 35.5. The average Bonchev–Trinajstić information content (AvgIpc) is 3.09. The number of hydrogen-bond donors (Lipinski definition) is 2. The van der Waals surface area contributed by atoms with E-state index < -0.39 is 24.2 Å². The number of benzene rings is 2. The maximum absolute atomic E-state index is 13.9. The number of fused-ring (bicyclic) bond motifs is 1. The van der Waals surface area contributed by atoms with E-state index in [2.05, 4.69) is 5.32 Å². The Labute approximate surface area is 242 Å². The van der Waals surface area contributed by atoms with Crippen LogP contribution in [0.5, 0.6) is 5.75 Å². The van der Waals surface area contributed by atoms with E-state index in [1.807, 2.05) is 19.1 Å². The number of carbonyl (C=O) groups excluding carboxylic acids is 3. The zero-order chi connectivity index (χ0) is 30.2. The van der Waals surface area contributed by atoms with Crippen LogP contribution in [-0.2, 0) is 16.8 Å². The molecular formula is C29H35ClF3N3O5. The SMILES string of the molecule is CCCCN(CCO)C(=O)CNC(=O)N1CC[C@](C)(C(=O)c2ccc(OCC(F)(F)F)cc2Cl)c2ccccc2C1. The van der Waals surface area contributed by atoms with E-state index in [-0.39, 0.29) is 67.2 Å². The summed E-state index contributed by atoms with van der Waals surface area (Å²) in [5.41, 5.74) is 0.479. The molecule has 2 aromatic rings. The van der Waals surface area contributed by atoms with Crippen LogP contribution in [0.3, 0.4) is 0 Å². The summed E-state index contributed by atoms with van der Waals surface area (Å²) in [6, 6.07) is 10.6. The number of alkyl halides is 3. The van der Waals surface area contributed by atoms with E-state index in [0.717, 1.165) is 18.4 Å². The van der Waals surface area contributed by atoms with Crippen LogP contribution in [0.15, 0.2) is 42.5 Å². The maximum Gasteiger partial charge on any atom is 0.422 e. The highest BCUT2D eigenvalue weighted by molar-refractivity contribution is 6.34. The van der Waals surface area contributed by atoms with E-state index in [1.165, 1.54) is 28.0 Å². The number of amides is 3. The Hall–Kier alpha value is -3.31. The topological polar surface area (TPSA) is 99.2 Å². The van der Waals surface area contributed by atoms with Gasteiger partial charge in [0.05, 0.1) is 23.6 Å². The number of carbonyl (C=O) groups is 3. The van der Waals surface area contributed by atoms with Crippen LogP contribution < -0.4 is 10.1 Å². The summed E-state index contributed by atoms with van der Waals surface area (Å²) < 4.78 is 42.4. The number of aliphatic hydroxyl groups excluding tert-OH is 1. The van der Waals surface area contributed by atoms with E-state index in [4.69, 9.17) is 16.3 Å². The van der Waals surface area contributed by atoms with E-state index in [9.17, 15) is 32.7 Å². The fraction of sp³-hybridized carbons (Fsp3) is 0.483. The number of unbranched alkanes of at least 4 members (excludes halogenated alkanes) is 1. The van der Waals surface area contributed by atoms with Crippen molar-refractivity contribution < 1.29 is 37.4 Å². The number of aliphatic hydroxyl groups is 1. The average molecular weight is 598 g/mol. The molecule has 0 saturated heterocycles. The molecule has 2 aromatic carbocycles. The van der Waals surface area contributed by atoms with Crippen molar-refractivity contribution in [2.24, 2.45) is 0 Å². The lowest BCUT2D eigenvalue weighted by molar-refractivity contribution is -0.153. The molecule has 1 aliphatic heterocycles. The van der Waals surface area contributed by atoms with E-state index >= 15 is 0 Å². The van der Waals surface area contributed by atoms with Crippen LogP contribution in [0.1, 0.15) is 54.6 Å². The molecule has 0 saturated carbocycles. The first kappa shape index (κ1) is 32.2. The summed E-state index contributed by atoms with van der Waals surface area (Å²) in [6.07, 6.45) is -2.62. The predicted molar refractivity (Wildman–Crippen MR) is 148 cm³/mol. The zero-order valence-electron chi connectivity index (χ0n) is 23.1. The molecule has 1 atom stereocenters. The molecule has 8 nitrogen and oxygen atoms in total. The maximum atomic E-state index is 13.9. The van der Waals surface area contributed by atoms with Crippen LogP contribution in [0.25, 0.3) is 0 Å². The third-order valence-corrected chi connectivity index (χ3v) is 7.44. The highest BCUT2D eigenvalue weighted by Crippen LogP contribution is 2.39. The molecule has 41 heavy (non-hydrogen) atoms. The second kappa shape index (κ2) is 14.0. The van der Waals surface area contributed by atoms with Gasteiger partial charge >= 0.3 is 12.2 Å². The first-order chi connectivity index (χ1) is 19.4. The zero-order valence-corrected chi connectivity index (χ0v) is 23.9. The molecular weight excluding hydrogens is 563 g/mol. The number of urea groups is 1. The molecule has 12 heteroatoms. The Morgan fingerprint density at radius 2 is 1.90 bits per heavy atom. The van der Waals surface area contributed by atoms with Crippen LogP contribution in [0, 0.1) is 0 Å². The third-order valence-electron chi connectivity index (χ3n) is 7.13. The molecule has 1 aliphatic rings. The normalized spacial score (nSPS) is 16.9. The van der Waals surface area contributed by atoms with Gasteiger partial charge in [0.25, 0.3) is 0 Å². The van der Waals surface area contributed by atoms with Crippen molar-refractivity contribution in [3.05, 3.63) is 64.2 Å². The third kappa shape index (κ3) is 8.36. The van der Waals surface area contributed by atoms with Gasteiger partial charge in [0, 0.05) is 31.7 Å². The van der Waals surface area contributed by atoms with Crippen molar-refractivity contribution in [1.82, 2.24) is 15.1 Å². The Morgan fingerprint density at radius 1 is 1.17 bits per heavy atom. The number of halogens is 4. The molecule has 224 valence electrons. The second-order valence-electron chi connectivity index (χ2n) is 10.2. The second-order valence-corrected chi connectivity index (χ2v) is 10.6. The van der Waals surface area contributed by atoms with Gasteiger partial charge in [-0.3, -0.25) is 9.59 Å². The predicted octanol–water partition coefficient (Wildman–Crippen LogP) is 4.96. The lowest BCUT2D eigenvalue weighted by Crippen LogP contribution is -2.46. The van der Waals surface area contributed by atoms with Gasteiger partial charge in [0.15, 0.2) is 12.4 Å². The van der Waals surface area contributed by atoms with Crippen LogP contribution >= 0.6 is 11.6 Å². The van der Waals surface area contributed by atoms with Crippen LogP contribution in [-0.4, -0.2) is 78.2 Å². The minimum absolute atomic E-state index is 0.0405. The van der Waals surface area contributed by atoms with Crippen molar-refractivity contribution in [2.45, 2.75) is 51.2 Å². The lowest BCUT2D eigenvalue weighted by atomic mass is 9.72. The van der Waals surface area contributed by atoms with Crippen molar-refractivity contribution in [3.8, 4) is 5.75 Å². The van der Waals surface area contributed by atoms with Gasteiger partial charge in [-0.1, -0.05) is 49.2 Å². The van der Waals surface area contributed by atoms with Crippen LogP contribution in [0.4, 0.5) is 18.0 Å². The lowest BCUT2D eigenvalue weighted by Gasteiger charge is -2.29. The summed E-state index contributed by atoms with van der Waals surface area (Å²) in [6.45, 7) is 2.93. The van der Waals surface area contributed by atoms with Gasteiger partial charge in [-0.15, -0.1) is 0 Å². The largest absolute Gasteiger partial charge is 0.484 e. The molecule has 3 amide bonds. The number of nitrogens with zero attached hydrogens (tertiary/aromatic N) is 2. The molecule has 0 fully saturated rings. The Kier molecular flexibility index (Phi) is 11.0. The Bertz CT molecular complexity index is 1240. The summed E-state index contributed by atoms with van der Waals surface area (Å²) in [5.74, 6) is -0.751. The molecule has 3 rings (SSSR count). The molecule has 0 bridgehead atoms. The summed E-state index contributed by atoms with van der Waals surface area (Å²) in [7, 11) is 0. The van der Waals surface area contributed by atoms with E-state index in [1.54, 1.807) is 19.1 Å². The summed E-state index contributed by atoms with van der Waals surface area (Å²) in [5, 5.41) is 11.9. The molecule has 1 heterocycles. The quantitative estimate of drug-likeness (QED) is 0.357. The Morgan fingerprint density at radius 3 is 2.56 bits per heavy atom. The highest BCUT2D eigenvalue weighted by Gasteiger charge is 2.41. The molecule has 2 N–H and O–H groups in total. The summed E-state index contributed by atoms with van der Waals surface area (Å²) in [4.78, 5) is 42.7. The van der Waals surface area contributed by atoms with Gasteiger partial charge < -0.3 is 25.0 Å².